The van der Waals surface area contributed by atoms with Gasteiger partial charge in [-0.2, -0.15) is 0 Å². The van der Waals surface area contributed by atoms with E-state index in [-0.39, 0.29) is 22.3 Å². The molecule has 0 saturated carbocycles. The number of amides is 2. The minimum atomic E-state index is -0.345. The van der Waals surface area contributed by atoms with Gasteiger partial charge in [-0.15, -0.1) is 23.5 Å². The van der Waals surface area contributed by atoms with Gasteiger partial charge in [-0.3, -0.25) is 9.59 Å². The molecule has 37 heavy (non-hydrogen) atoms. The first-order valence-electron chi connectivity index (χ1n) is 12.3. The van der Waals surface area contributed by atoms with Gasteiger partial charge < -0.3 is 10.6 Å². The van der Waals surface area contributed by atoms with Crippen LogP contribution in [0.3, 0.4) is 0 Å². The molecule has 2 unspecified atom stereocenters. The van der Waals surface area contributed by atoms with E-state index < -0.39 is 0 Å². The van der Waals surface area contributed by atoms with Gasteiger partial charge in [0.15, 0.2) is 0 Å². The van der Waals surface area contributed by atoms with E-state index in [1.165, 1.54) is 23.5 Å². The van der Waals surface area contributed by atoms with Crippen molar-refractivity contribution in [2.24, 2.45) is 0 Å². The van der Waals surface area contributed by atoms with Crippen LogP contribution in [0.5, 0.6) is 0 Å². The van der Waals surface area contributed by atoms with Crippen molar-refractivity contribution >= 4 is 35.3 Å². The molecule has 0 aliphatic rings. The van der Waals surface area contributed by atoms with E-state index in [9.17, 15) is 9.59 Å². The lowest BCUT2D eigenvalue weighted by atomic mass is 10.1. The molecule has 4 aromatic carbocycles. The molecule has 0 spiro atoms. The van der Waals surface area contributed by atoms with Gasteiger partial charge in [0.2, 0.25) is 11.8 Å². The maximum atomic E-state index is 13.1. The van der Waals surface area contributed by atoms with Crippen LogP contribution >= 0.6 is 23.5 Å². The summed E-state index contributed by atoms with van der Waals surface area (Å²) in [5.74, 6) is -0.0682. The fourth-order valence-corrected chi connectivity index (χ4v) is 5.91. The van der Waals surface area contributed by atoms with Crippen molar-refractivity contribution in [3.8, 4) is 0 Å². The van der Waals surface area contributed by atoms with E-state index in [1.807, 2.05) is 121 Å². The highest BCUT2D eigenvalue weighted by Gasteiger charge is 2.23. The monoisotopic (exact) mass is 526 g/mol. The quantitative estimate of drug-likeness (QED) is 0.160. The van der Waals surface area contributed by atoms with E-state index in [1.54, 1.807) is 0 Å². The fraction of sp³-hybridized carbons (Fsp3) is 0.161. The third kappa shape index (κ3) is 8.27. The van der Waals surface area contributed by atoms with Crippen molar-refractivity contribution in [1.29, 1.82) is 0 Å². The number of carbonyl (C=O) groups excluding carboxylic acids is 2. The first-order chi connectivity index (χ1) is 18.2. The summed E-state index contributed by atoms with van der Waals surface area (Å²) in [6.07, 6.45) is 0.645. The predicted molar refractivity (Wildman–Crippen MR) is 154 cm³/mol. The number of thioether (sulfide) groups is 2. The third-order valence-electron chi connectivity index (χ3n) is 5.63. The Morgan fingerprint density at radius 3 is 1.19 bits per heavy atom. The molecule has 188 valence electrons. The zero-order chi connectivity index (χ0) is 25.7. The number of hydrogen-bond acceptors (Lipinski definition) is 4. The number of benzene rings is 4. The second-order valence-electron chi connectivity index (χ2n) is 8.38. The SMILES string of the molecule is O=C(NCCCNC(=O)C(Sc1ccccc1)c1ccccc1)C(Sc1ccccc1)c1ccccc1. The van der Waals surface area contributed by atoms with Crippen LogP contribution in [0.2, 0.25) is 0 Å². The Labute approximate surface area is 227 Å². The third-order valence-corrected chi connectivity index (χ3v) is 8.16. The molecule has 0 fully saturated rings. The van der Waals surface area contributed by atoms with Gasteiger partial charge in [-0.1, -0.05) is 97.1 Å². The van der Waals surface area contributed by atoms with Crippen LogP contribution in [0.15, 0.2) is 131 Å². The van der Waals surface area contributed by atoms with Crippen molar-refractivity contribution in [3.63, 3.8) is 0 Å². The second-order valence-corrected chi connectivity index (χ2v) is 10.7. The molecule has 4 aromatic rings. The highest BCUT2D eigenvalue weighted by Crippen LogP contribution is 2.36. The molecule has 4 nitrogen and oxygen atoms in total. The molecule has 4 rings (SSSR count). The first-order valence-corrected chi connectivity index (χ1v) is 14.1. The number of hydrogen-bond donors (Lipinski definition) is 2. The Bertz CT molecular complexity index is 1140. The van der Waals surface area contributed by atoms with Crippen LogP contribution in [-0.2, 0) is 9.59 Å². The van der Waals surface area contributed by atoms with Gasteiger partial charge >= 0.3 is 0 Å². The van der Waals surface area contributed by atoms with Gasteiger partial charge in [0.25, 0.3) is 0 Å². The lowest BCUT2D eigenvalue weighted by Gasteiger charge is -2.18. The van der Waals surface area contributed by atoms with Crippen LogP contribution in [-0.4, -0.2) is 24.9 Å². The summed E-state index contributed by atoms with van der Waals surface area (Å²) in [6, 6.07) is 39.5. The topological polar surface area (TPSA) is 58.2 Å². The standard InChI is InChI=1S/C31H30N2O2S2/c34-30(28(24-14-5-1-6-15-24)36-26-18-9-3-10-19-26)32-22-13-23-33-31(35)29(25-16-7-2-8-17-25)37-27-20-11-4-12-21-27/h1-12,14-21,28-29H,13,22-23H2,(H,32,34)(H,33,35). The van der Waals surface area contributed by atoms with Crippen LogP contribution < -0.4 is 10.6 Å². The molecule has 0 radical (unpaired) electrons. The van der Waals surface area contributed by atoms with E-state index >= 15 is 0 Å². The van der Waals surface area contributed by atoms with Crippen molar-refractivity contribution in [2.75, 3.05) is 13.1 Å². The van der Waals surface area contributed by atoms with Gasteiger partial charge in [-0.05, 0) is 41.8 Å². The maximum absolute atomic E-state index is 13.1. The Kier molecular flexibility index (Phi) is 10.3. The van der Waals surface area contributed by atoms with Crippen molar-refractivity contribution in [2.45, 2.75) is 26.7 Å². The molecule has 2 amide bonds. The number of nitrogens with one attached hydrogen (secondary N) is 2. The van der Waals surface area contributed by atoms with E-state index in [2.05, 4.69) is 10.6 Å². The zero-order valence-corrected chi connectivity index (χ0v) is 22.1. The van der Waals surface area contributed by atoms with Gasteiger partial charge in [0.05, 0.1) is 0 Å². The fourth-order valence-electron chi connectivity index (χ4n) is 3.77. The molecule has 2 N–H and O–H groups in total. The molecule has 0 aromatic heterocycles. The molecular formula is C31H30N2O2S2. The Hall–Kier alpha value is -3.48. The Morgan fingerprint density at radius 1 is 0.514 bits per heavy atom. The maximum Gasteiger partial charge on any atom is 0.237 e. The molecule has 6 heteroatoms. The van der Waals surface area contributed by atoms with E-state index in [0.717, 1.165) is 20.9 Å². The average Bonchev–Trinajstić information content (AvgIpc) is 2.96. The van der Waals surface area contributed by atoms with Gasteiger partial charge in [0, 0.05) is 22.9 Å². The molecule has 0 saturated heterocycles. The minimum absolute atomic E-state index is 0.0341. The average molecular weight is 527 g/mol. The van der Waals surface area contributed by atoms with Gasteiger partial charge in [0.1, 0.15) is 10.5 Å². The normalized spacial score (nSPS) is 12.3. The molecule has 0 aliphatic heterocycles. The lowest BCUT2D eigenvalue weighted by molar-refractivity contribution is -0.121. The van der Waals surface area contributed by atoms with Crippen LogP contribution in [0.4, 0.5) is 0 Å². The number of carbonyl (C=O) groups is 2. The summed E-state index contributed by atoms with van der Waals surface area (Å²) in [4.78, 5) is 28.3. The largest absolute Gasteiger partial charge is 0.355 e. The lowest BCUT2D eigenvalue weighted by Crippen LogP contribution is -2.33. The van der Waals surface area contributed by atoms with Crippen molar-refractivity contribution in [1.82, 2.24) is 10.6 Å². The summed E-state index contributed by atoms with van der Waals surface area (Å²) in [5.41, 5.74) is 1.93. The predicted octanol–water partition coefficient (Wildman–Crippen LogP) is 6.68. The molecule has 0 bridgehead atoms. The van der Waals surface area contributed by atoms with Crippen molar-refractivity contribution < 1.29 is 9.59 Å². The minimum Gasteiger partial charge on any atom is -0.355 e. The molecular weight excluding hydrogens is 496 g/mol. The molecule has 0 heterocycles. The summed E-state index contributed by atoms with van der Waals surface area (Å²) >= 11 is 3.07. The van der Waals surface area contributed by atoms with Crippen LogP contribution in [0, 0.1) is 0 Å². The number of rotatable bonds is 12. The van der Waals surface area contributed by atoms with Crippen LogP contribution in [0.25, 0.3) is 0 Å². The second kappa shape index (κ2) is 14.3. The van der Waals surface area contributed by atoms with Gasteiger partial charge in [-0.25, -0.2) is 0 Å². The smallest absolute Gasteiger partial charge is 0.237 e. The van der Waals surface area contributed by atoms with Crippen LogP contribution in [0.1, 0.15) is 28.0 Å². The van der Waals surface area contributed by atoms with E-state index in [4.69, 9.17) is 0 Å². The van der Waals surface area contributed by atoms with E-state index in [0.29, 0.717) is 19.5 Å². The zero-order valence-electron chi connectivity index (χ0n) is 20.5. The molecule has 0 aliphatic carbocycles. The summed E-state index contributed by atoms with van der Waals surface area (Å²) in [5, 5.41) is 5.43. The first kappa shape index (κ1) is 26.6. The summed E-state index contributed by atoms with van der Waals surface area (Å²) in [7, 11) is 0. The van der Waals surface area contributed by atoms with Crippen molar-refractivity contribution in [3.05, 3.63) is 132 Å². The highest BCUT2D eigenvalue weighted by molar-refractivity contribution is 8.00. The summed E-state index contributed by atoms with van der Waals surface area (Å²) < 4.78 is 0. The highest BCUT2D eigenvalue weighted by atomic mass is 32.2. The summed E-state index contributed by atoms with van der Waals surface area (Å²) in [6.45, 7) is 0.971. The Morgan fingerprint density at radius 2 is 0.838 bits per heavy atom. The Balaban J connectivity index is 1.30. The molecule has 2 atom stereocenters.